The number of hydrogen-bond acceptors (Lipinski definition) is 3. The lowest BCUT2D eigenvalue weighted by Gasteiger charge is -2.22. The zero-order valence-corrected chi connectivity index (χ0v) is 13.6. The Morgan fingerprint density at radius 3 is 2.43 bits per heavy atom. The van der Waals surface area contributed by atoms with Gasteiger partial charge >= 0.3 is 0 Å². The van der Waals surface area contributed by atoms with E-state index in [4.69, 9.17) is 10.5 Å². The Labute approximate surface area is 128 Å². The van der Waals surface area contributed by atoms with E-state index >= 15 is 0 Å². The smallest absolute Gasteiger partial charge is 0.221 e. The predicted molar refractivity (Wildman–Crippen MR) is 86.4 cm³/mol. The minimum Gasteiger partial charge on any atom is -0.497 e. The van der Waals surface area contributed by atoms with Gasteiger partial charge in [-0.05, 0) is 36.0 Å². The first-order valence-corrected chi connectivity index (χ1v) is 7.45. The first kappa shape index (κ1) is 17.5. The zero-order chi connectivity index (χ0) is 15.9. The molecule has 0 saturated heterocycles. The molecule has 1 aromatic rings. The van der Waals surface area contributed by atoms with Crippen molar-refractivity contribution in [3.05, 3.63) is 29.8 Å². The number of hydrogen-bond donors (Lipinski definition) is 2. The van der Waals surface area contributed by atoms with Crippen LogP contribution in [0.25, 0.3) is 0 Å². The van der Waals surface area contributed by atoms with Gasteiger partial charge in [-0.25, -0.2) is 0 Å². The van der Waals surface area contributed by atoms with Crippen molar-refractivity contribution in [2.45, 2.75) is 46.1 Å². The number of carbonyl (C=O) groups excluding carboxylic acids is 1. The van der Waals surface area contributed by atoms with Crippen LogP contribution < -0.4 is 15.8 Å². The Kier molecular flexibility index (Phi) is 6.69. The van der Waals surface area contributed by atoms with Crippen LogP contribution in [-0.4, -0.2) is 25.6 Å². The maximum absolute atomic E-state index is 11.8. The van der Waals surface area contributed by atoms with E-state index < -0.39 is 0 Å². The van der Waals surface area contributed by atoms with Crippen molar-refractivity contribution in [3.63, 3.8) is 0 Å². The number of carbonyl (C=O) groups is 1. The van der Waals surface area contributed by atoms with Crippen molar-refractivity contribution in [2.75, 3.05) is 13.7 Å². The number of benzene rings is 1. The molecule has 1 rings (SSSR count). The lowest BCUT2D eigenvalue weighted by Crippen LogP contribution is -2.34. The van der Waals surface area contributed by atoms with Crippen LogP contribution in [0.15, 0.2) is 24.3 Å². The van der Waals surface area contributed by atoms with Gasteiger partial charge in [0.25, 0.3) is 0 Å². The van der Waals surface area contributed by atoms with Gasteiger partial charge in [-0.3, -0.25) is 4.79 Å². The Hall–Kier alpha value is -1.55. The van der Waals surface area contributed by atoms with Crippen molar-refractivity contribution >= 4 is 5.91 Å². The standard InChI is InChI=1S/C17H28N2O2/c1-17(2,3)12-14(18)11-16(20)19-10-9-13-5-7-15(21-4)8-6-13/h5-8,14H,9-12,18H2,1-4H3,(H,19,20). The summed E-state index contributed by atoms with van der Waals surface area (Å²) in [7, 11) is 1.65. The molecule has 21 heavy (non-hydrogen) atoms. The van der Waals surface area contributed by atoms with E-state index in [9.17, 15) is 4.79 Å². The van der Waals surface area contributed by atoms with Gasteiger partial charge in [-0.15, -0.1) is 0 Å². The molecule has 0 heterocycles. The Bertz CT molecular complexity index is 435. The highest BCUT2D eigenvalue weighted by Gasteiger charge is 2.17. The average molecular weight is 292 g/mol. The largest absolute Gasteiger partial charge is 0.497 e. The first-order valence-electron chi connectivity index (χ1n) is 7.45. The molecule has 0 aromatic heterocycles. The molecular formula is C17H28N2O2. The average Bonchev–Trinajstić information content (AvgIpc) is 2.37. The Morgan fingerprint density at radius 2 is 1.90 bits per heavy atom. The van der Waals surface area contributed by atoms with Gasteiger partial charge in [0.15, 0.2) is 0 Å². The van der Waals surface area contributed by atoms with Gasteiger partial charge < -0.3 is 15.8 Å². The molecule has 4 heteroatoms. The number of nitrogens with one attached hydrogen (secondary N) is 1. The van der Waals surface area contributed by atoms with Crippen LogP contribution in [0.3, 0.4) is 0 Å². The van der Waals surface area contributed by atoms with Gasteiger partial charge in [0.1, 0.15) is 5.75 Å². The van der Waals surface area contributed by atoms with E-state index in [1.807, 2.05) is 24.3 Å². The van der Waals surface area contributed by atoms with Crippen LogP contribution in [-0.2, 0) is 11.2 Å². The summed E-state index contributed by atoms with van der Waals surface area (Å²) in [5.74, 6) is 0.871. The molecule has 0 aliphatic rings. The fourth-order valence-electron chi connectivity index (χ4n) is 2.31. The molecule has 1 atom stereocenters. The van der Waals surface area contributed by atoms with Crippen LogP contribution in [0, 0.1) is 5.41 Å². The third-order valence-electron chi connectivity index (χ3n) is 3.22. The molecule has 0 fully saturated rings. The number of methoxy groups -OCH3 is 1. The summed E-state index contributed by atoms with van der Waals surface area (Å²) in [6.07, 6.45) is 2.04. The molecule has 0 aliphatic heterocycles. The van der Waals surface area contributed by atoms with E-state index in [1.165, 1.54) is 5.56 Å². The molecule has 0 aliphatic carbocycles. The van der Waals surface area contributed by atoms with E-state index in [0.717, 1.165) is 18.6 Å². The van der Waals surface area contributed by atoms with Gasteiger partial charge in [-0.2, -0.15) is 0 Å². The highest BCUT2D eigenvalue weighted by molar-refractivity contribution is 5.76. The summed E-state index contributed by atoms with van der Waals surface area (Å²) >= 11 is 0. The normalized spacial score (nSPS) is 12.8. The molecule has 3 N–H and O–H groups in total. The van der Waals surface area contributed by atoms with Crippen molar-refractivity contribution in [1.82, 2.24) is 5.32 Å². The molecule has 1 amide bonds. The molecule has 0 bridgehead atoms. The van der Waals surface area contributed by atoms with E-state index in [0.29, 0.717) is 13.0 Å². The number of ether oxygens (including phenoxy) is 1. The summed E-state index contributed by atoms with van der Waals surface area (Å²) in [6.45, 7) is 7.03. The van der Waals surface area contributed by atoms with Gasteiger partial charge in [0, 0.05) is 19.0 Å². The van der Waals surface area contributed by atoms with Crippen LogP contribution >= 0.6 is 0 Å². The first-order chi connectivity index (χ1) is 9.80. The lowest BCUT2D eigenvalue weighted by atomic mass is 9.87. The molecule has 1 unspecified atom stereocenters. The molecule has 1 aromatic carbocycles. The summed E-state index contributed by atoms with van der Waals surface area (Å²) < 4.78 is 5.11. The fraction of sp³-hybridized carbons (Fsp3) is 0.588. The lowest BCUT2D eigenvalue weighted by molar-refractivity contribution is -0.121. The topological polar surface area (TPSA) is 64.3 Å². The maximum Gasteiger partial charge on any atom is 0.221 e. The minimum atomic E-state index is -0.0778. The van der Waals surface area contributed by atoms with Crippen LogP contribution in [0.1, 0.15) is 39.2 Å². The van der Waals surface area contributed by atoms with Crippen molar-refractivity contribution in [2.24, 2.45) is 11.1 Å². The van der Waals surface area contributed by atoms with Crippen molar-refractivity contribution < 1.29 is 9.53 Å². The predicted octanol–water partition coefficient (Wildman–Crippen LogP) is 2.51. The summed E-state index contributed by atoms with van der Waals surface area (Å²) in [5.41, 5.74) is 7.33. The molecule has 0 saturated carbocycles. The second-order valence-electron chi connectivity index (χ2n) is 6.68. The quantitative estimate of drug-likeness (QED) is 0.811. The zero-order valence-electron chi connectivity index (χ0n) is 13.6. The summed E-state index contributed by atoms with van der Waals surface area (Å²) in [4.78, 5) is 11.8. The maximum atomic E-state index is 11.8. The van der Waals surface area contributed by atoms with Gasteiger partial charge in [-0.1, -0.05) is 32.9 Å². The van der Waals surface area contributed by atoms with Crippen molar-refractivity contribution in [1.29, 1.82) is 0 Å². The second kappa shape index (κ2) is 8.03. The third-order valence-corrected chi connectivity index (χ3v) is 3.22. The monoisotopic (exact) mass is 292 g/mol. The van der Waals surface area contributed by atoms with Gasteiger partial charge in [0.2, 0.25) is 5.91 Å². The highest BCUT2D eigenvalue weighted by Crippen LogP contribution is 2.20. The van der Waals surface area contributed by atoms with E-state index in [-0.39, 0.29) is 17.4 Å². The molecule has 4 nitrogen and oxygen atoms in total. The SMILES string of the molecule is COc1ccc(CCNC(=O)CC(N)CC(C)(C)C)cc1. The van der Waals surface area contributed by atoms with Crippen molar-refractivity contribution in [3.8, 4) is 5.75 Å². The molecule has 0 spiro atoms. The van der Waals surface area contributed by atoms with Crippen LogP contribution in [0.4, 0.5) is 0 Å². The highest BCUT2D eigenvalue weighted by atomic mass is 16.5. The van der Waals surface area contributed by atoms with E-state index in [1.54, 1.807) is 7.11 Å². The summed E-state index contributed by atoms with van der Waals surface area (Å²) in [5, 5.41) is 2.93. The Balaban J connectivity index is 2.26. The molecule has 118 valence electrons. The second-order valence-corrected chi connectivity index (χ2v) is 6.68. The van der Waals surface area contributed by atoms with Gasteiger partial charge in [0.05, 0.1) is 7.11 Å². The number of nitrogens with two attached hydrogens (primary N) is 1. The minimum absolute atomic E-state index is 0.0280. The fourth-order valence-corrected chi connectivity index (χ4v) is 2.31. The number of rotatable bonds is 7. The third kappa shape index (κ3) is 7.71. The molecule has 0 radical (unpaired) electrons. The molecular weight excluding hydrogens is 264 g/mol. The van der Waals surface area contributed by atoms with E-state index in [2.05, 4.69) is 26.1 Å². The van der Waals surface area contributed by atoms with Crippen LogP contribution in [0.5, 0.6) is 5.75 Å². The number of amides is 1. The van der Waals surface area contributed by atoms with Crippen LogP contribution in [0.2, 0.25) is 0 Å². The Morgan fingerprint density at radius 1 is 1.29 bits per heavy atom. The summed E-state index contributed by atoms with van der Waals surface area (Å²) in [6, 6.07) is 7.80.